The topological polar surface area (TPSA) is 71.1 Å². The zero-order chi connectivity index (χ0) is 12.8. The number of nitrogens with zero attached hydrogens (tertiary/aromatic N) is 1. The predicted octanol–water partition coefficient (Wildman–Crippen LogP) is 1.51. The standard InChI is InChI=1S/C12H11N3O2S/c16-11(15-10-1-4-13-5-2-10)7-14-12(17)9-3-6-18-8-9/h1-6,8H,7H2,(H,14,17)(H,13,15,16). The fourth-order valence-corrected chi connectivity index (χ4v) is 1.93. The van der Waals surface area contributed by atoms with Gasteiger partial charge in [0.05, 0.1) is 6.54 Å². The molecule has 2 aromatic heterocycles. The number of nitrogens with one attached hydrogen (secondary N) is 2. The summed E-state index contributed by atoms with van der Waals surface area (Å²) < 4.78 is 0. The molecule has 0 aromatic carbocycles. The summed E-state index contributed by atoms with van der Waals surface area (Å²) in [5, 5.41) is 8.74. The van der Waals surface area contributed by atoms with Gasteiger partial charge in [0.1, 0.15) is 0 Å². The van der Waals surface area contributed by atoms with Gasteiger partial charge < -0.3 is 10.6 Å². The molecule has 5 nitrogen and oxygen atoms in total. The molecule has 0 aliphatic carbocycles. The second kappa shape index (κ2) is 5.92. The van der Waals surface area contributed by atoms with Crippen molar-refractivity contribution in [1.82, 2.24) is 10.3 Å². The molecule has 18 heavy (non-hydrogen) atoms. The quantitative estimate of drug-likeness (QED) is 0.876. The van der Waals surface area contributed by atoms with E-state index in [1.54, 1.807) is 36.0 Å². The molecule has 2 heterocycles. The highest BCUT2D eigenvalue weighted by molar-refractivity contribution is 7.08. The fraction of sp³-hybridized carbons (Fsp3) is 0.0833. The molecule has 0 aliphatic heterocycles. The number of hydrogen-bond acceptors (Lipinski definition) is 4. The summed E-state index contributed by atoms with van der Waals surface area (Å²) in [6.45, 7) is -0.0585. The van der Waals surface area contributed by atoms with Crippen LogP contribution in [-0.4, -0.2) is 23.3 Å². The van der Waals surface area contributed by atoms with Crippen LogP contribution in [0.3, 0.4) is 0 Å². The Balaban J connectivity index is 1.80. The van der Waals surface area contributed by atoms with Crippen molar-refractivity contribution in [3.05, 3.63) is 46.9 Å². The number of aromatic nitrogens is 1. The van der Waals surface area contributed by atoms with Crippen molar-refractivity contribution >= 4 is 28.8 Å². The third-order valence-electron chi connectivity index (χ3n) is 2.16. The summed E-state index contributed by atoms with van der Waals surface area (Å²) in [6, 6.07) is 5.07. The Bertz CT molecular complexity index is 526. The monoisotopic (exact) mass is 261 g/mol. The molecule has 0 unspecified atom stereocenters. The molecule has 6 heteroatoms. The first-order valence-electron chi connectivity index (χ1n) is 5.26. The maximum Gasteiger partial charge on any atom is 0.252 e. The number of pyridine rings is 1. The van der Waals surface area contributed by atoms with Gasteiger partial charge in [-0.2, -0.15) is 11.3 Å². The minimum Gasteiger partial charge on any atom is -0.343 e. The first-order chi connectivity index (χ1) is 8.75. The van der Waals surface area contributed by atoms with E-state index in [9.17, 15) is 9.59 Å². The van der Waals surface area contributed by atoms with E-state index < -0.39 is 0 Å². The van der Waals surface area contributed by atoms with Crippen LogP contribution >= 0.6 is 11.3 Å². The van der Waals surface area contributed by atoms with Gasteiger partial charge in [-0.1, -0.05) is 0 Å². The molecule has 0 radical (unpaired) electrons. The maximum atomic E-state index is 11.6. The molecule has 2 rings (SSSR count). The number of amides is 2. The molecular weight excluding hydrogens is 250 g/mol. The molecule has 0 fully saturated rings. The van der Waals surface area contributed by atoms with E-state index in [2.05, 4.69) is 15.6 Å². The van der Waals surface area contributed by atoms with Crippen molar-refractivity contribution < 1.29 is 9.59 Å². The lowest BCUT2D eigenvalue weighted by molar-refractivity contribution is -0.115. The summed E-state index contributed by atoms with van der Waals surface area (Å²) in [6.07, 6.45) is 3.17. The first kappa shape index (κ1) is 12.3. The molecule has 2 N–H and O–H groups in total. The van der Waals surface area contributed by atoms with Gasteiger partial charge in [0.25, 0.3) is 5.91 Å². The Morgan fingerprint density at radius 3 is 2.67 bits per heavy atom. The second-order valence-corrected chi connectivity index (χ2v) is 4.26. The van der Waals surface area contributed by atoms with Crippen LogP contribution in [0.25, 0.3) is 0 Å². The van der Waals surface area contributed by atoms with Crippen LogP contribution < -0.4 is 10.6 Å². The third-order valence-corrected chi connectivity index (χ3v) is 2.84. The van der Waals surface area contributed by atoms with Crippen LogP contribution in [0.2, 0.25) is 0 Å². The van der Waals surface area contributed by atoms with E-state index in [4.69, 9.17) is 0 Å². The van der Waals surface area contributed by atoms with Gasteiger partial charge in [0.2, 0.25) is 5.91 Å². The van der Waals surface area contributed by atoms with Gasteiger partial charge in [-0.05, 0) is 23.6 Å². The van der Waals surface area contributed by atoms with Crippen LogP contribution in [0.5, 0.6) is 0 Å². The van der Waals surface area contributed by atoms with Crippen LogP contribution in [0, 0.1) is 0 Å². The highest BCUT2D eigenvalue weighted by Crippen LogP contribution is 2.05. The van der Waals surface area contributed by atoms with E-state index in [0.29, 0.717) is 11.3 Å². The Morgan fingerprint density at radius 2 is 2.00 bits per heavy atom. The van der Waals surface area contributed by atoms with Gasteiger partial charge in [0.15, 0.2) is 0 Å². The summed E-state index contributed by atoms with van der Waals surface area (Å²) >= 11 is 1.44. The number of thiophene rings is 1. The van der Waals surface area contributed by atoms with E-state index in [1.807, 2.05) is 5.38 Å². The first-order valence-corrected chi connectivity index (χ1v) is 6.20. The minimum absolute atomic E-state index is 0.0585. The lowest BCUT2D eigenvalue weighted by Gasteiger charge is -2.05. The van der Waals surface area contributed by atoms with Crippen molar-refractivity contribution in [3.8, 4) is 0 Å². The van der Waals surface area contributed by atoms with Gasteiger partial charge in [-0.25, -0.2) is 0 Å². The van der Waals surface area contributed by atoms with Crippen molar-refractivity contribution in [2.24, 2.45) is 0 Å². The molecule has 2 amide bonds. The third kappa shape index (κ3) is 3.39. The lowest BCUT2D eigenvalue weighted by Crippen LogP contribution is -2.32. The Labute approximate surface area is 108 Å². The van der Waals surface area contributed by atoms with Crippen LogP contribution in [0.4, 0.5) is 5.69 Å². The maximum absolute atomic E-state index is 11.6. The SMILES string of the molecule is O=C(CNC(=O)c1ccsc1)Nc1ccncc1. The van der Waals surface area contributed by atoms with Crippen LogP contribution in [0.15, 0.2) is 41.4 Å². The molecule has 0 atom stereocenters. The molecule has 2 aromatic rings. The number of anilines is 1. The fourth-order valence-electron chi connectivity index (χ4n) is 1.30. The summed E-state index contributed by atoms with van der Waals surface area (Å²) in [7, 11) is 0. The zero-order valence-corrected chi connectivity index (χ0v) is 10.2. The van der Waals surface area contributed by atoms with Crippen LogP contribution in [-0.2, 0) is 4.79 Å². The minimum atomic E-state index is -0.273. The predicted molar refractivity (Wildman–Crippen MR) is 69.5 cm³/mol. The molecule has 0 saturated heterocycles. The normalized spacial score (nSPS) is 9.78. The van der Waals surface area contributed by atoms with E-state index >= 15 is 0 Å². The summed E-state index contributed by atoms with van der Waals surface area (Å²) in [4.78, 5) is 27.0. The van der Waals surface area contributed by atoms with Gasteiger partial charge in [0, 0.05) is 29.0 Å². The average Bonchev–Trinajstić information content (AvgIpc) is 2.91. The van der Waals surface area contributed by atoms with E-state index in [0.717, 1.165) is 0 Å². The number of rotatable bonds is 4. The molecular formula is C12H11N3O2S. The lowest BCUT2D eigenvalue weighted by atomic mass is 10.3. The van der Waals surface area contributed by atoms with Crippen molar-refractivity contribution in [1.29, 1.82) is 0 Å². The van der Waals surface area contributed by atoms with E-state index in [-0.39, 0.29) is 18.4 Å². The zero-order valence-electron chi connectivity index (χ0n) is 9.42. The Kier molecular flexibility index (Phi) is 4.03. The number of carbonyl (C=O) groups is 2. The molecule has 0 aliphatic rings. The van der Waals surface area contributed by atoms with Crippen molar-refractivity contribution in [3.63, 3.8) is 0 Å². The number of hydrogen-bond donors (Lipinski definition) is 2. The van der Waals surface area contributed by atoms with Gasteiger partial charge in [-0.15, -0.1) is 0 Å². The molecule has 0 saturated carbocycles. The molecule has 0 bridgehead atoms. The molecule has 92 valence electrons. The average molecular weight is 261 g/mol. The van der Waals surface area contributed by atoms with Crippen molar-refractivity contribution in [2.45, 2.75) is 0 Å². The second-order valence-electron chi connectivity index (χ2n) is 3.48. The van der Waals surface area contributed by atoms with E-state index in [1.165, 1.54) is 11.3 Å². The molecule has 0 spiro atoms. The highest BCUT2D eigenvalue weighted by atomic mass is 32.1. The van der Waals surface area contributed by atoms with Crippen LogP contribution in [0.1, 0.15) is 10.4 Å². The Hall–Kier alpha value is -2.21. The summed E-state index contributed by atoms with van der Waals surface area (Å²) in [5.41, 5.74) is 1.22. The van der Waals surface area contributed by atoms with Crippen molar-refractivity contribution in [2.75, 3.05) is 11.9 Å². The Morgan fingerprint density at radius 1 is 1.22 bits per heavy atom. The summed E-state index contributed by atoms with van der Waals surface area (Å²) in [5.74, 6) is -0.522. The number of carbonyl (C=O) groups excluding carboxylic acids is 2. The van der Waals surface area contributed by atoms with Gasteiger partial charge in [-0.3, -0.25) is 14.6 Å². The van der Waals surface area contributed by atoms with Gasteiger partial charge >= 0.3 is 0 Å². The largest absolute Gasteiger partial charge is 0.343 e. The smallest absolute Gasteiger partial charge is 0.252 e. The highest BCUT2D eigenvalue weighted by Gasteiger charge is 2.08.